The molecular formula is C24H30N2O4S2. The molecule has 0 aliphatic heterocycles. The van der Waals surface area contributed by atoms with E-state index in [4.69, 9.17) is 4.74 Å². The van der Waals surface area contributed by atoms with E-state index < -0.39 is 26.1 Å². The zero-order chi connectivity index (χ0) is 23.3. The highest BCUT2D eigenvalue weighted by atomic mass is 32.2. The lowest BCUT2D eigenvalue weighted by atomic mass is 9.91. The van der Waals surface area contributed by atoms with Crippen LogP contribution in [0.3, 0.4) is 0 Å². The van der Waals surface area contributed by atoms with Crippen molar-refractivity contribution < 1.29 is 17.7 Å². The first-order chi connectivity index (χ1) is 15.0. The Kier molecular flexibility index (Phi) is 6.09. The SMILES string of the molecule is COc1ccc2c(c1)c1c(n2S(=O)(=O)c2ccc(C)cc2)CCC[C@@H]1N[S@+]([O-])C(C)(C)C. The number of hydrogen-bond donors (Lipinski definition) is 1. The number of aromatic nitrogens is 1. The monoisotopic (exact) mass is 474 g/mol. The number of nitrogens with zero attached hydrogens (tertiary/aromatic N) is 1. The number of rotatable bonds is 5. The number of aryl methyl sites for hydroxylation is 1. The summed E-state index contributed by atoms with van der Waals surface area (Å²) in [6, 6.07) is 12.2. The fraction of sp³-hybridized carbons (Fsp3) is 0.417. The van der Waals surface area contributed by atoms with E-state index in [9.17, 15) is 13.0 Å². The molecular weight excluding hydrogens is 444 g/mol. The summed E-state index contributed by atoms with van der Waals surface area (Å²) in [5.74, 6) is 0.659. The van der Waals surface area contributed by atoms with Crippen LogP contribution in [0.4, 0.5) is 0 Å². The van der Waals surface area contributed by atoms with Gasteiger partial charge in [-0.25, -0.2) is 12.4 Å². The second-order valence-electron chi connectivity index (χ2n) is 9.27. The maximum atomic E-state index is 13.8. The third-order valence-electron chi connectivity index (χ3n) is 5.89. The Hall–Kier alpha value is -2.00. The Labute approximate surface area is 193 Å². The molecule has 2 atom stereocenters. The standard InChI is InChI=1S/C24H30N2O4S2/c1-16-9-12-18(13-10-16)32(28,29)26-21-14-11-17(30-5)15-19(21)23-20(7-6-8-22(23)26)25-31(27)24(2,3)4/h9-15,20,25H,6-8H2,1-5H3/t20-,31+/m0/s1. The lowest BCUT2D eigenvalue weighted by Gasteiger charge is -2.30. The number of methoxy groups -OCH3 is 1. The lowest BCUT2D eigenvalue weighted by molar-refractivity contribution is 0.415. The highest BCUT2D eigenvalue weighted by Crippen LogP contribution is 2.41. The number of fused-ring (bicyclic) bond motifs is 3. The Balaban J connectivity index is 1.95. The zero-order valence-corrected chi connectivity index (χ0v) is 20.8. The van der Waals surface area contributed by atoms with Crippen molar-refractivity contribution >= 4 is 32.3 Å². The summed E-state index contributed by atoms with van der Waals surface area (Å²) in [6.07, 6.45) is 2.23. The highest BCUT2D eigenvalue weighted by molar-refractivity contribution is 7.91. The van der Waals surface area contributed by atoms with Crippen LogP contribution >= 0.6 is 0 Å². The van der Waals surface area contributed by atoms with E-state index in [1.165, 1.54) is 3.97 Å². The fourth-order valence-electron chi connectivity index (χ4n) is 4.20. The summed E-state index contributed by atoms with van der Waals surface area (Å²) >= 11 is -1.28. The second kappa shape index (κ2) is 8.41. The fourth-order valence-corrected chi connectivity index (χ4v) is 6.64. The van der Waals surface area contributed by atoms with Gasteiger partial charge in [-0.15, -0.1) is 4.72 Å². The van der Waals surface area contributed by atoms with E-state index >= 15 is 0 Å². The van der Waals surface area contributed by atoms with Gasteiger partial charge in [-0.2, -0.15) is 0 Å². The third kappa shape index (κ3) is 4.05. The summed E-state index contributed by atoms with van der Waals surface area (Å²) in [6.45, 7) is 7.71. The van der Waals surface area contributed by atoms with Crippen molar-refractivity contribution in [3.63, 3.8) is 0 Å². The lowest BCUT2D eigenvalue weighted by Crippen LogP contribution is -2.42. The molecule has 8 heteroatoms. The smallest absolute Gasteiger partial charge is 0.268 e. The van der Waals surface area contributed by atoms with E-state index in [1.54, 1.807) is 31.4 Å². The Morgan fingerprint density at radius 1 is 1.16 bits per heavy atom. The van der Waals surface area contributed by atoms with Crippen LogP contribution in [0.1, 0.15) is 56.5 Å². The first-order valence-electron chi connectivity index (χ1n) is 10.8. The van der Waals surface area contributed by atoms with Gasteiger partial charge >= 0.3 is 0 Å². The number of benzene rings is 2. The number of nitrogens with one attached hydrogen (secondary N) is 1. The van der Waals surface area contributed by atoms with Gasteiger partial charge in [-0.05, 0) is 77.3 Å². The van der Waals surface area contributed by atoms with Gasteiger partial charge in [-0.1, -0.05) is 17.7 Å². The molecule has 6 nitrogen and oxygen atoms in total. The van der Waals surface area contributed by atoms with Crippen molar-refractivity contribution in [2.75, 3.05) is 7.11 Å². The molecule has 0 bridgehead atoms. The molecule has 0 amide bonds. The van der Waals surface area contributed by atoms with Crippen LogP contribution in [-0.2, 0) is 27.8 Å². The Bertz CT molecular complexity index is 1240. The van der Waals surface area contributed by atoms with Gasteiger partial charge in [0, 0.05) is 28.0 Å². The second-order valence-corrected chi connectivity index (χ2v) is 13.1. The van der Waals surface area contributed by atoms with E-state index in [0.29, 0.717) is 17.7 Å². The minimum absolute atomic E-state index is 0.206. The highest BCUT2D eigenvalue weighted by Gasteiger charge is 2.37. The maximum absolute atomic E-state index is 13.8. The van der Waals surface area contributed by atoms with Crippen LogP contribution in [0.25, 0.3) is 10.9 Å². The van der Waals surface area contributed by atoms with Crippen LogP contribution in [0, 0.1) is 6.92 Å². The summed E-state index contributed by atoms with van der Waals surface area (Å²) < 4.78 is 50.3. The minimum Gasteiger partial charge on any atom is -0.598 e. The summed E-state index contributed by atoms with van der Waals surface area (Å²) in [5, 5.41) is 0.818. The third-order valence-corrected chi connectivity index (χ3v) is 9.26. The van der Waals surface area contributed by atoms with Gasteiger partial charge in [0.05, 0.1) is 23.6 Å². The quantitative estimate of drug-likeness (QED) is 0.546. The Morgan fingerprint density at radius 2 is 1.84 bits per heavy atom. The van der Waals surface area contributed by atoms with Crippen molar-refractivity contribution in [1.82, 2.24) is 8.69 Å². The molecule has 0 saturated heterocycles. The Morgan fingerprint density at radius 3 is 2.47 bits per heavy atom. The summed E-state index contributed by atoms with van der Waals surface area (Å²) in [4.78, 5) is 0.256. The van der Waals surface area contributed by atoms with E-state index in [1.807, 2.05) is 45.9 Å². The molecule has 0 radical (unpaired) electrons. The van der Waals surface area contributed by atoms with E-state index in [2.05, 4.69) is 4.72 Å². The predicted molar refractivity (Wildman–Crippen MR) is 129 cm³/mol. The summed E-state index contributed by atoms with van der Waals surface area (Å²) in [7, 11) is -2.21. The van der Waals surface area contributed by atoms with Gasteiger partial charge < -0.3 is 9.29 Å². The van der Waals surface area contributed by atoms with Crippen molar-refractivity contribution in [3.8, 4) is 5.75 Å². The van der Waals surface area contributed by atoms with Crippen LogP contribution in [-0.4, -0.2) is 28.8 Å². The molecule has 0 unspecified atom stereocenters. The van der Waals surface area contributed by atoms with Crippen LogP contribution in [0.15, 0.2) is 47.4 Å². The molecule has 4 rings (SSSR count). The molecule has 1 heterocycles. The normalized spacial score (nSPS) is 17.9. The average Bonchev–Trinajstić information content (AvgIpc) is 3.08. The van der Waals surface area contributed by atoms with E-state index in [-0.39, 0.29) is 10.9 Å². The van der Waals surface area contributed by atoms with Gasteiger partial charge in [0.1, 0.15) is 10.5 Å². The van der Waals surface area contributed by atoms with Gasteiger partial charge in [0.2, 0.25) is 0 Å². The van der Waals surface area contributed by atoms with Crippen molar-refractivity contribution in [1.29, 1.82) is 0 Å². The predicted octanol–water partition coefficient (Wildman–Crippen LogP) is 4.62. The maximum Gasteiger partial charge on any atom is 0.268 e. The van der Waals surface area contributed by atoms with Gasteiger partial charge in [0.25, 0.3) is 10.0 Å². The largest absolute Gasteiger partial charge is 0.598 e. The summed E-state index contributed by atoms with van der Waals surface area (Å²) in [5.41, 5.74) is 3.27. The van der Waals surface area contributed by atoms with Crippen LogP contribution < -0.4 is 9.46 Å². The zero-order valence-electron chi connectivity index (χ0n) is 19.1. The molecule has 172 valence electrons. The van der Waals surface area contributed by atoms with Crippen LogP contribution in [0.5, 0.6) is 5.75 Å². The molecule has 0 spiro atoms. The minimum atomic E-state index is -3.81. The van der Waals surface area contributed by atoms with Crippen molar-refractivity contribution in [2.45, 2.75) is 62.6 Å². The molecule has 0 saturated carbocycles. The first-order valence-corrected chi connectivity index (χ1v) is 13.3. The average molecular weight is 475 g/mol. The number of ether oxygens (including phenoxy) is 1. The molecule has 0 fully saturated rings. The molecule has 3 aromatic rings. The molecule has 1 N–H and O–H groups in total. The van der Waals surface area contributed by atoms with Gasteiger partial charge in [-0.3, -0.25) is 0 Å². The van der Waals surface area contributed by atoms with Gasteiger partial charge in [0.15, 0.2) is 0 Å². The van der Waals surface area contributed by atoms with E-state index in [0.717, 1.165) is 35.0 Å². The molecule has 1 aliphatic carbocycles. The first kappa shape index (κ1) is 23.2. The molecule has 32 heavy (non-hydrogen) atoms. The molecule has 2 aromatic carbocycles. The van der Waals surface area contributed by atoms with Crippen molar-refractivity contribution in [2.24, 2.45) is 0 Å². The van der Waals surface area contributed by atoms with Crippen molar-refractivity contribution in [3.05, 3.63) is 59.3 Å². The molecule has 1 aliphatic rings. The van der Waals surface area contributed by atoms with Crippen LogP contribution in [0.2, 0.25) is 0 Å². The topological polar surface area (TPSA) is 83.4 Å². The molecule has 1 aromatic heterocycles. The number of hydrogen-bond acceptors (Lipinski definition) is 5.